The lowest BCUT2D eigenvalue weighted by Crippen LogP contribution is -2.45. The summed E-state index contributed by atoms with van der Waals surface area (Å²) in [7, 11) is 1.29. The van der Waals surface area contributed by atoms with Gasteiger partial charge in [-0.2, -0.15) is 0 Å². The molecular weight excluding hydrogens is 1190 g/mol. The van der Waals surface area contributed by atoms with Crippen LogP contribution in [0.4, 0.5) is 0 Å². The Balaban J connectivity index is 3.87. The standard InChI is InChI=1S/C86H171N2O6P/c1-6-8-10-12-14-16-18-20-22-24-26-28-30-32-34-36-38-40-41-42-43-44-45-46-47-48-50-52-54-56-58-60-62-64-66-68-70-72-74-76-78-80-86(90)87-84(83-94-95(91,92)93-82-81-88(3,4)5)85(89)79-77-75-73-71-69-67-65-63-61-59-57-55-53-51-49-39-37-35-33-31-29-27-25-23-21-19-17-15-13-11-9-7-2/h24,26,77,79,84-85,89H,6-23,25,27-76,78,80-83H2,1-5H3,(H-,87,90,91,92)/b26-24-,79-77+. The fourth-order valence-electron chi connectivity index (χ4n) is 13.7. The number of aliphatic hydroxyl groups excluding tert-OH is 1. The second-order valence-electron chi connectivity index (χ2n) is 31.3. The number of amides is 1. The molecule has 0 aliphatic heterocycles. The largest absolute Gasteiger partial charge is 0.756 e. The number of carbonyl (C=O) groups excluding carboxylic acids is 1. The third-order valence-electron chi connectivity index (χ3n) is 20.4. The average molecular weight is 1360 g/mol. The first-order valence-corrected chi connectivity index (χ1v) is 44.7. The Morgan fingerprint density at radius 1 is 0.358 bits per heavy atom. The van der Waals surface area contributed by atoms with Crippen molar-refractivity contribution in [2.45, 2.75) is 482 Å². The van der Waals surface area contributed by atoms with E-state index in [0.29, 0.717) is 17.4 Å². The number of rotatable bonds is 82. The molecule has 0 aliphatic carbocycles. The number of nitrogens with one attached hydrogen (secondary N) is 1. The molecule has 566 valence electrons. The molecule has 2 N–H and O–H groups in total. The van der Waals surface area contributed by atoms with Gasteiger partial charge < -0.3 is 28.8 Å². The molecule has 95 heavy (non-hydrogen) atoms. The van der Waals surface area contributed by atoms with Crippen LogP contribution in [0.25, 0.3) is 0 Å². The predicted molar refractivity (Wildman–Crippen MR) is 418 cm³/mol. The first kappa shape index (κ1) is 94.0. The molecule has 0 aromatic carbocycles. The van der Waals surface area contributed by atoms with Gasteiger partial charge >= 0.3 is 0 Å². The van der Waals surface area contributed by atoms with Crippen molar-refractivity contribution in [1.82, 2.24) is 5.32 Å². The monoisotopic (exact) mass is 1360 g/mol. The van der Waals surface area contributed by atoms with Crippen LogP contribution < -0.4 is 10.2 Å². The molecule has 8 nitrogen and oxygen atoms in total. The van der Waals surface area contributed by atoms with Crippen LogP contribution in [0, 0.1) is 0 Å². The summed E-state index contributed by atoms with van der Waals surface area (Å²) in [6, 6.07) is -0.886. The number of likely N-dealkylation sites (N-methyl/N-ethyl adjacent to an activating group) is 1. The number of nitrogens with zero attached hydrogens (tertiary/aromatic N) is 1. The van der Waals surface area contributed by atoms with E-state index in [-0.39, 0.29) is 19.1 Å². The number of phosphoric ester groups is 1. The minimum atomic E-state index is -4.61. The maximum absolute atomic E-state index is 13.1. The van der Waals surface area contributed by atoms with Crippen LogP contribution in [0.15, 0.2) is 24.3 Å². The maximum Gasteiger partial charge on any atom is 0.268 e. The number of hydrogen-bond donors (Lipinski definition) is 2. The number of aliphatic hydroxyl groups is 1. The van der Waals surface area contributed by atoms with E-state index >= 15 is 0 Å². The highest BCUT2D eigenvalue weighted by Crippen LogP contribution is 2.38. The molecule has 0 aliphatic rings. The summed E-state index contributed by atoms with van der Waals surface area (Å²) < 4.78 is 23.6. The van der Waals surface area contributed by atoms with E-state index in [4.69, 9.17) is 9.05 Å². The summed E-state index contributed by atoms with van der Waals surface area (Å²) in [5.41, 5.74) is 0. The Morgan fingerprint density at radius 2 is 0.579 bits per heavy atom. The number of allylic oxidation sites excluding steroid dienone is 3. The number of phosphoric acid groups is 1. The van der Waals surface area contributed by atoms with Gasteiger partial charge in [0, 0.05) is 6.42 Å². The molecule has 0 rings (SSSR count). The zero-order valence-corrected chi connectivity index (χ0v) is 66.1. The van der Waals surface area contributed by atoms with Crippen molar-refractivity contribution >= 4 is 13.7 Å². The topological polar surface area (TPSA) is 108 Å². The highest BCUT2D eigenvalue weighted by atomic mass is 31.2. The summed E-state index contributed by atoms with van der Waals surface area (Å²) in [6.07, 6.45) is 104. The van der Waals surface area contributed by atoms with Gasteiger partial charge in [0.05, 0.1) is 39.9 Å². The van der Waals surface area contributed by atoms with Gasteiger partial charge in [-0.15, -0.1) is 0 Å². The summed E-state index contributed by atoms with van der Waals surface area (Å²) in [5, 5.41) is 14.0. The molecule has 0 aromatic heterocycles. The lowest BCUT2D eigenvalue weighted by molar-refractivity contribution is -0.870. The minimum absolute atomic E-state index is 0.00263. The maximum atomic E-state index is 13.1. The number of hydrogen-bond acceptors (Lipinski definition) is 6. The highest BCUT2D eigenvalue weighted by molar-refractivity contribution is 7.45. The number of unbranched alkanes of at least 4 members (excludes halogenated alkanes) is 67. The Morgan fingerprint density at radius 3 is 0.821 bits per heavy atom. The van der Waals surface area contributed by atoms with E-state index in [1.807, 2.05) is 27.2 Å². The molecule has 3 unspecified atom stereocenters. The van der Waals surface area contributed by atoms with Gasteiger partial charge in [-0.05, 0) is 44.9 Å². The van der Waals surface area contributed by atoms with Gasteiger partial charge in [-0.25, -0.2) is 0 Å². The summed E-state index contributed by atoms with van der Waals surface area (Å²) in [4.78, 5) is 25.7. The summed E-state index contributed by atoms with van der Waals surface area (Å²) >= 11 is 0. The molecule has 0 aromatic rings. The van der Waals surface area contributed by atoms with E-state index in [1.54, 1.807) is 6.08 Å². The summed E-state index contributed by atoms with van der Waals surface area (Å²) in [6.45, 7) is 4.73. The number of carbonyl (C=O) groups is 1. The molecule has 0 spiro atoms. The van der Waals surface area contributed by atoms with Crippen molar-refractivity contribution in [3.63, 3.8) is 0 Å². The lowest BCUT2D eigenvalue weighted by Gasteiger charge is -2.29. The molecule has 0 bridgehead atoms. The fraction of sp³-hybridized carbons (Fsp3) is 0.942. The molecule has 3 atom stereocenters. The second-order valence-corrected chi connectivity index (χ2v) is 32.7. The van der Waals surface area contributed by atoms with E-state index in [1.165, 1.54) is 411 Å². The Labute approximate surface area is 595 Å². The predicted octanol–water partition coefficient (Wildman–Crippen LogP) is 27.9. The molecule has 0 heterocycles. The van der Waals surface area contributed by atoms with Gasteiger partial charge in [0.1, 0.15) is 13.2 Å². The van der Waals surface area contributed by atoms with E-state index in [2.05, 4.69) is 31.3 Å². The van der Waals surface area contributed by atoms with Crippen LogP contribution in [0.1, 0.15) is 470 Å². The Hall–Kier alpha value is -1.02. The second kappa shape index (κ2) is 77.1. The van der Waals surface area contributed by atoms with Crippen LogP contribution >= 0.6 is 7.82 Å². The Kier molecular flexibility index (Phi) is 76.3. The highest BCUT2D eigenvalue weighted by Gasteiger charge is 2.23. The number of quaternary nitrogens is 1. The molecule has 0 fully saturated rings. The third kappa shape index (κ3) is 80.2. The van der Waals surface area contributed by atoms with Crippen LogP contribution in [0.2, 0.25) is 0 Å². The minimum Gasteiger partial charge on any atom is -0.756 e. The molecular formula is C86H171N2O6P. The Bertz CT molecular complexity index is 1600. The van der Waals surface area contributed by atoms with Crippen molar-refractivity contribution in [3.05, 3.63) is 24.3 Å². The van der Waals surface area contributed by atoms with Gasteiger partial charge in [-0.3, -0.25) is 9.36 Å². The van der Waals surface area contributed by atoms with Gasteiger partial charge in [0.25, 0.3) is 7.82 Å². The molecule has 0 saturated carbocycles. The zero-order valence-electron chi connectivity index (χ0n) is 65.2. The fourth-order valence-corrected chi connectivity index (χ4v) is 14.5. The van der Waals surface area contributed by atoms with Crippen molar-refractivity contribution in [2.24, 2.45) is 0 Å². The molecule has 9 heteroatoms. The molecule has 1 amide bonds. The normalized spacial score (nSPS) is 13.5. The van der Waals surface area contributed by atoms with Crippen molar-refractivity contribution in [1.29, 1.82) is 0 Å². The van der Waals surface area contributed by atoms with E-state index < -0.39 is 20.0 Å². The molecule has 0 radical (unpaired) electrons. The van der Waals surface area contributed by atoms with Crippen LogP contribution in [-0.2, 0) is 18.4 Å². The lowest BCUT2D eigenvalue weighted by atomic mass is 10.0. The van der Waals surface area contributed by atoms with Crippen molar-refractivity contribution < 1.29 is 32.9 Å². The summed E-state index contributed by atoms with van der Waals surface area (Å²) in [5.74, 6) is -0.186. The smallest absolute Gasteiger partial charge is 0.268 e. The van der Waals surface area contributed by atoms with Crippen LogP contribution in [0.5, 0.6) is 0 Å². The van der Waals surface area contributed by atoms with Gasteiger partial charge in [-0.1, -0.05) is 443 Å². The van der Waals surface area contributed by atoms with E-state index in [9.17, 15) is 19.4 Å². The first-order valence-electron chi connectivity index (χ1n) is 43.2. The van der Waals surface area contributed by atoms with Gasteiger partial charge in [0.2, 0.25) is 5.91 Å². The molecule has 0 saturated heterocycles. The van der Waals surface area contributed by atoms with Crippen molar-refractivity contribution in [2.75, 3.05) is 40.9 Å². The van der Waals surface area contributed by atoms with Crippen LogP contribution in [-0.4, -0.2) is 68.5 Å². The zero-order chi connectivity index (χ0) is 69.0. The van der Waals surface area contributed by atoms with Crippen molar-refractivity contribution in [3.8, 4) is 0 Å². The first-order chi connectivity index (χ1) is 46.5. The third-order valence-corrected chi connectivity index (χ3v) is 21.4. The SMILES string of the molecule is CCCCCCCCCC/C=C\CCCCCCCCCCCCCCCCCCCCCCCCCCCCCCCC(=O)NC(COP(=O)([O-])OCC[N+](C)(C)C)C(O)/C=C/CCCCCCCCCCCCCCCCCCCCCCCCCCCCCCCC. The van der Waals surface area contributed by atoms with E-state index in [0.717, 1.165) is 38.5 Å². The quantitative estimate of drug-likeness (QED) is 0.0272. The average Bonchev–Trinajstić information content (AvgIpc) is 2.01. The van der Waals surface area contributed by atoms with Crippen LogP contribution in [0.3, 0.4) is 0 Å². The van der Waals surface area contributed by atoms with Gasteiger partial charge in [0.15, 0.2) is 0 Å².